The van der Waals surface area contributed by atoms with Gasteiger partial charge < -0.3 is 25.5 Å². The summed E-state index contributed by atoms with van der Waals surface area (Å²) >= 11 is 1.65. The first-order valence-corrected chi connectivity index (χ1v) is 14.6. The molecule has 0 aliphatic carbocycles. The van der Waals surface area contributed by atoms with Crippen molar-refractivity contribution in [2.75, 3.05) is 37.0 Å². The molecule has 3 unspecified atom stereocenters. The van der Waals surface area contributed by atoms with E-state index in [9.17, 15) is 19.5 Å². The van der Waals surface area contributed by atoms with Crippen LogP contribution in [-0.2, 0) is 14.4 Å². The molecule has 37 heavy (non-hydrogen) atoms. The highest BCUT2D eigenvalue weighted by Crippen LogP contribution is 2.69. The number of hydrogen-bond acceptors (Lipinski definition) is 6. The van der Waals surface area contributed by atoms with E-state index in [0.29, 0.717) is 5.69 Å². The molecule has 3 N–H and O–H groups in total. The van der Waals surface area contributed by atoms with E-state index in [1.54, 1.807) is 23.7 Å². The fourth-order valence-corrected chi connectivity index (χ4v) is 9.36. The number of benzene rings is 1. The van der Waals surface area contributed by atoms with Crippen molar-refractivity contribution >= 4 is 40.9 Å². The minimum Gasteiger partial charge on any atom is -0.394 e. The second-order valence-corrected chi connectivity index (χ2v) is 12.3. The predicted molar refractivity (Wildman–Crippen MR) is 149 cm³/mol. The Bertz CT molecular complexity index is 1020. The Morgan fingerprint density at radius 3 is 2.38 bits per heavy atom. The van der Waals surface area contributed by atoms with Crippen LogP contribution < -0.4 is 15.5 Å². The first kappa shape index (κ1) is 27.8. The molecule has 3 amide bonds. The van der Waals surface area contributed by atoms with Crippen molar-refractivity contribution in [3.8, 4) is 0 Å². The van der Waals surface area contributed by atoms with Gasteiger partial charge in [-0.25, -0.2) is 0 Å². The van der Waals surface area contributed by atoms with Gasteiger partial charge in [-0.3, -0.25) is 14.4 Å². The standard InChI is InChI=1S/C28H42N4O4S/c1-7-16(4)20(15-33)32-24(26(35)30-18-10-12-19(13-11-18)31(8-2)9-3)28-17(5)14-21(37-28)22(25(34)29-6)23(28)27(32)36/h10-13,16-17,20-24,33H,7-9,14-15H2,1-6H3,(H,29,34)(H,30,35)/t16-,17?,20-,21-,22+,23-,24?,28?/m0/s1. The quantitative estimate of drug-likeness (QED) is 0.430. The van der Waals surface area contributed by atoms with Crippen LogP contribution in [0.2, 0.25) is 0 Å². The topological polar surface area (TPSA) is 102 Å². The minimum atomic E-state index is -0.765. The number of aliphatic hydroxyl groups excluding tert-OH is 1. The highest BCUT2D eigenvalue weighted by Gasteiger charge is 2.76. The number of rotatable bonds is 10. The number of likely N-dealkylation sites (tertiary alicyclic amines) is 1. The second-order valence-electron chi connectivity index (χ2n) is 10.8. The van der Waals surface area contributed by atoms with Gasteiger partial charge in [0.2, 0.25) is 17.7 Å². The van der Waals surface area contributed by atoms with Gasteiger partial charge in [-0.15, -0.1) is 11.8 Å². The maximum Gasteiger partial charge on any atom is 0.248 e. The molecule has 3 aliphatic heterocycles. The molecule has 2 bridgehead atoms. The van der Waals surface area contributed by atoms with Gasteiger partial charge in [-0.2, -0.15) is 0 Å². The highest BCUT2D eigenvalue weighted by molar-refractivity contribution is 8.02. The molecule has 1 aromatic rings. The van der Waals surface area contributed by atoms with Crippen molar-refractivity contribution in [2.24, 2.45) is 23.7 Å². The van der Waals surface area contributed by atoms with Crippen LogP contribution in [0.25, 0.3) is 0 Å². The van der Waals surface area contributed by atoms with Crippen LogP contribution in [-0.4, -0.2) is 76.6 Å². The lowest BCUT2D eigenvalue weighted by Crippen LogP contribution is -2.58. The molecule has 4 rings (SSSR count). The first-order chi connectivity index (χ1) is 17.7. The number of amides is 3. The molecule has 3 heterocycles. The fraction of sp³-hybridized carbons (Fsp3) is 0.679. The third-order valence-corrected chi connectivity index (χ3v) is 11.2. The first-order valence-electron chi connectivity index (χ1n) is 13.7. The van der Waals surface area contributed by atoms with E-state index in [1.807, 2.05) is 38.1 Å². The van der Waals surface area contributed by atoms with Gasteiger partial charge in [0.1, 0.15) is 6.04 Å². The highest BCUT2D eigenvalue weighted by atomic mass is 32.2. The van der Waals surface area contributed by atoms with Crippen molar-refractivity contribution in [3.63, 3.8) is 0 Å². The molecule has 0 radical (unpaired) electrons. The zero-order valence-electron chi connectivity index (χ0n) is 22.9. The molecule has 3 saturated heterocycles. The number of thioether (sulfide) groups is 1. The summed E-state index contributed by atoms with van der Waals surface area (Å²) in [7, 11) is 1.61. The molecule has 1 spiro atoms. The summed E-state index contributed by atoms with van der Waals surface area (Å²) in [6.07, 6.45) is 1.55. The molecular weight excluding hydrogens is 488 g/mol. The summed E-state index contributed by atoms with van der Waals surface area (Å²) in [5.74, 6) is -1.52. The number of nitrogens with one attached hydrogen (secondary N) is 2. The van der Waals surface area contributed by atoms with E-state index in [-0.39, 0.29) is 41.4 Å². The van der Waals surface area contributed by atoms with E-state index in [4.69, 9.17) is 0 Å². The number of aliphatic hydroxyl groups is 1. The van der Waals surface area contributed by atoms with Crippen LogP contribution in [0.1, 0.15) is 47.5 Å². The number of hydrogen-bond donors (Lipinski definition) is 3. The Morgan fingerprint density at radius 1 is 1.19 bits per heavy atom. The Hall–Kier alpha value is -2.26. The van der Waals surface area contributed by atoms with Crippen LogP contribution in [0.5, 0.6) is 0 Å². The van der Waals surface area contributed by atoms with Gasteiger partial charge in [-0.1, -0.05) is 27.2 Å². The number of carbonyl (C=O) groups is 3. The Labute approximate surface area is 224 Å². The predicted octanol–water partition coefficient (Wildman–Crippen LogP) is 2.96. The van der Waals surface area contributed by atoms with E-state index in [0.717, 1.165) is 31.6 Å². The van der Waals surface area contributed by atoms with Crippen LogP contribution in [0.15, 0.2) is 24.3 Å². The van der Waals surface area contributed by atoms with Gasteiger partial charge in [0.15, 0.2) is 0 Å². The van der Waals surface area contributed by atoms with Crippen molar-refractivity contribution in [1.82, 2.24) is 10.2 Å². The summed E-state index contributed by atoms with van der Waals surface area (Å²) in [4.78, 5) is 45.2. The Balaban J connectivity index is 1.73. The number of carbonyl (C=O) groups excluding carboxylic acids is 3. The van der Waals surface area contributed by atoms with E-state index < -0.39 is 28.7 Å². The van der Waals surface area contributed by atoms with Crippen molar-refractivity contribution in [1.29, 1.82) is 0 Å². The molecule has 3 fully saturated rings. The van der Waals surface area contributed by atoms with Gasteiger partial charge in [0, 0.05) is 36.8 Å². The smallest absolute Gasteiger partial charge is 0.248 e. The largest absolute Gasteiger partial charge is 0.394 e. The summed E-state index contributed by atoms with van der Waals surface area (Å²) in [5, 5.41) is 16.3. The van der Waals surface area contributed by atoms with E-state index in [2.05, 4.69) is 36.3 Å². The lowest BCUT2D eigenvalue weighted by Gasteiger charge is -2.41. The molecule has 0 aromatic heterocycles. The summed E-state index contributed by atoms with van der Waals surface area (Å²) < 4.78 is -0.703. The second kappa shape index (κ2) is 10.8. The molecule has 3 aliphatic rings. The average Bonchev–Trinajstić information content (AvgIpc) is 3.49. The third kappa shape index (κ3) is 4.32. The number of nitrogens with zero attached hydrogens (tertiary/aromatic N) is 2. The maximum atomic E-state index is 14.2. The minimum absolute atomic E-state index is 0.00351. The van der Waals surface area contributed by atoms with Gasteiger partial charge >= 0.3 is 0 Å². The van der Waals surface area contributed by atoms with Crippen molar-refractivity contribution in [3.05, 3.63) is 24.3 Å². The number of anilines is 2. The third-order valence-electron chi connectivity index (χ3n) is 9.09. The Kier molecular flexibility index (Phi) is 8.14. The molecule has 1 aromatic carbocycles. The molecule has 204 valence electrons. The van der Waals surface area contributed by atoms with E-state index >= 15 is 0 Å². The van der Waals surface area contributed by atoms with Gasteiger partial charge in [0.25, 0.3) is 0 Å². The van der Waals surface area contributed by atoms with E-state index in [1.165, 1.54) is 0 Å². The fourth-order valence-electron chi connectivity index (χ4n) is 6.95. The number of fused-ring (bicyclic) bond motifs is 1. The summed E-state index contributed by atoms with van der Waals surface area (Å²) in [6, 6.07) is 6.54. The zero-order valence-corrected chi connectivity index (χ0v) is 23.7. The molecule has 8 nitrogen and oxygen atoms in total. The Morgan fingerprint density at radius 2 is 1.84 bits per heavy atom. The van der Waals surface area contributed by atoms with Crippen LogP contribution in [0.3, 0.4) is 0 Å². The van der Waals surface area contributed by atoms with Crippen LogP contribution in [0, 0.1) is 23.7 Å². The molecule has 9 heteroatoms. The maximum absolute atomic E-state index is 14.2. The SMILES string of the molecule is CC[C@H](C)[C@H](CO)N1C(=O)[C@@H]2[C@H](C(=O)NC)[C@@H]3CC(C)C2(S3)C1C(=O)Nc1ccc(N(CC)CC)cc1. The monoisotopic (exact) mass is 530 g/mol. The summed E-state index contributed by atoms with van der Waals surface area (Å²) in [5.41, 5.74) is 1.76. The van der Waals surface area contributed by atoms with Crippen molar-refractivity contribution in [2.45, 2.75) is 69.5 Å². The van der Waals surface area contributed by atoms with Gasteiger partial charge in [0.05, 0.1) is 29.2 Å². The van der Waals surface area contributed by atoms with Crippen LogP contribution in [0.4, 0.5) is 11.4 Å². The normalized spacial score (nSPS) is 31.7. The lowest BCUT2D eigenvalue weighted by molar-refractivity contribution is -0.143. The molecule has 8 atom stereocenters. The molecule has 0 saturated carbocycles. The average molecular weight is 531 g/mol. The van der Waals surface area contributed by atoms with Crippen LogP contribution >= 0.6 is 11.8 Å². The van der Waals surface area contributed by atoms with Crippen molar-refractivity contribution < 1.29 is 19.5 Å². The molecular formula is C28H42N4O4S. The lowest BCUT2D eigenvalue weighted by atomic mass is 9.66. The van der Waals surface area contributed by atoms with Gasteiger partial charge in [-0.05, 0) is 56.4 Å². The summed E-state index contributed by atoms with van der Waals surface area (Å²) in [6.45, 7) is 11.9. The zero-order chi connectivity index (χ0) is 27.1.